The van der Waals surface area contributed by atoms with Crippen molar-refractivity contribution in [2.45, 2.75) is 44.8 Å². The molecule has 1 heterocycles. The predicted octanol–water partition coefficient (Wildman–Crippen LogP) is 2.02. The minimum atomic E-state index is -0.756. The molecule has 2 unspecified atom stereocenters. The van der Waals surface area contributed by atoms with Gasteiger partial charge in [0.15, 0.2) is 0 Å². The van der Waals surface area contributed by atoms with Crippen molar-refractivity contribution >= 4 is 5.97 Å². The quantitative estimate of drug-likeness (QED) is 0.864. The van der Waals surface area contributed by atoms with E-state index in [0.29, 0.717) is 0 Å². The fraction of sp³-hybridized carbons (Fsp3) is 0.562. The Bertz CT molecular complexity index is 462. The van der Waals surface area contributed by atoms with E-state index in [0.717, 1.165) is 32.4 Å². The van der Waals surface area contributed by atoms with E-state index in [-0.39, 0.29) is 6.04 Å². The Morgan fingerprint density at radius 2 is 2.30 bits per heavy atom. The number of nitrogens with one attached hydrogen (secondary N) is 1. The fourth-order valence-corrected chi connectivity index (χ4v) is 3.12. The van der Waals surface area contributed by atoms with Crippen molar-refractivity contribution in [2.75, 3.05) is 13.6 Å². The molecule has 1 aliphatic rings. The summed E-state index contributed by atoms with van der Waals surface area (Å²) in [4.78, 5) is 13.7. The molecule has 4 heteroatoms. The van der Waals surface area contributed by atoms with Crippen LogP contribution in [0, 0.1) is 6.92 Å². The highest BCUT2D eigenvalue weighted by Crippen LogP contribution is 2.22. The van der Waals surface area contributed by atoms with Crippen molar-refractivity contribution < 1.29 is 9.90 Å². The lowest BCUT2D eigenvalue weighted by Crippen LogP contribution is -2.54. The van der Waals surface area contributed by atoms with Crippen molar-refractivity contribution in [1.29, 1.82) is 0 Å². The zero-order valence-electron chi connectivity index (χ0n) is 12.3. The van der Waals surface area contributed by atoms with Crippen LogP contribution in [0.4, 0.5) is 0 Å². The van der Waals surface area contributed by atoms with Crippen molar-refractivity contribution in [3.8, 4) is 0 Å². The van der Waals surface area contributed by atoms with Gasteiger partial charge in [0.1, 0.15) is 6.04 Å². The highest BCUT2D eigenvalue weighted by molar-refractivity contribution is 5.74. The molecule has 0 amide bonds. The van der Waals surface area contributed by atoms with E-state index in [1.54, 1.807) is 7.05 Å². The van der Waals surface area contributed by atoms with Crippen LogP contribution in [-0.4, -0.2) is 41.7 Å². The Hall–Kier alpha value is -1.39. The van der Waals surface area contributed by atoms with Gasteiger partial charge in [0.2, 0.25) is 0 Å². The molecule has 1 aliphatic heterocycles. The molecule has 0 radical (unpaired) electrons. The summed E-state index contributed by atoms with van der Waals surface area (Å²) in [6.45, 7) is 3.90. The highest BCUT2D eigenvalue weighted by Gasteiger charge is 2.33. The number of hydrogen-bond donors (Lipinski definition) is 2. The second-order valence-corrected chi connectivity index (χ2v) is 5.63. The van der Waals surface area contributed by atoms with E-state index in [2.05, 4.69) is 41.4 Å². The average Bonchev–Trinajstić information content (AvgIpc) is 2.41. The van der Waals surface area contributed by atoms with Crippen LogP contribution in [0.25, 0.3) is 0 Å². The average molecular weight is 276 g/mol. The summed E-state index contributed by atoms with van der Waals surface area (Å²) < 4.78 is 0. The summed E-state index contributed by atoms with van der Waals surface area (Å²) in [7, 11) is 1.73. The number of piperidine rings is 1. The van der Waals surface area contributed by atoms with Crippen LogP contribution in [-0.2, 0) is 11.3 Å². The lowest BCUT2D eigenvalue weighted by molar-refractivity contribution is -0.141. The minimum absolute atomic E-state index is 0.0757. The first-order chi connectivity index (χ1) is 9.61. The number of carboxylic acid groups (broad SMARTS) is 1. The molecule has 2 N–H and O–H groups in total. The number of hydrogen-bond acceptors (Lipinski definition) is 3. The molecule has 0 spiro atoms. The lowest BCUT2D eigenvalue weighted by atomic mass is 9.94. The van der Waals surface area contributed by atoms with Gasteiger partial charge in [-0.2, -0.15) is 0 Å². The number of aryl methyl sites for hydroxylation is 1. The minimum Gasteiger partial charge on any atom is -0.480 e. The number of rotatable bonds is 5. The van der Waals surface area contributed by atoms with Crippen molar-refractivity contribution in [3.63, 3.8) is 0 Å². The van der Waals surface area contributed by atoms with Gasteiger partial charge in [0.05, 0.1) is 0 Å². The van der Waals surface area contributed by atoms with Gasteiger partial charge in [0.25, 0.3) is 0 Å². The van der Waals surface area contributed by atoms with E-state index in [1.807, 2.05) is 0 Å². The van der Waals surface area contributed by atoms with Crippen LogP contribution in [0.5, 0.6) is 0 Å². The molecule has 1 aromatic rings. The van der Waals surface area contributed by atoms with Gasteiger partial charge >= 0.3 is 5.97 Å². The molecule has 1 fully saturated rings. The first-order valence-electron chi connectivity index (χ1n) is 7.31. The normalized spacial score (nSPS) is 21.6. The van der Waals surface area contributed by atoms with Gasteiger partial charge < -0.3 is 10.4 Å². The molecular weight excluding hydrogens is 252 g/mol. The Labute approximate surface area is 120 Å². The molecule has 4 nitrogen and oxygen atoms in total. The Morgan fingerprint density at radius 1 is 1.50 bits per heavy atom. The monoisotopic (exact) mass is 276 g/mol. The molecule has 2 atom stereocenters. The van der Waals surface area contributed by atoms with Gasteiger partial charge in [-0.15, -0.1) is 0 Å². The van der Waals surface area contributed by atoms with E-state index >= 15 is 0 Å². The predicted molar refractivity (Wildman–Crippen MR) is 79.7 cm³/mol. The maximum atomic E-state index is 11.4. The van der Waals surface area contributed by atoms with Crippen LogP contribution < -0.4 is 5.32 Å². The molecular formula is C16H24N2O2. The summed E-state index contributed by atoms with van der Waals surface area (Å²) in [5.74, 6) is -0.756. The molecule has 0 aromatic heterocycles. The first-order valence-corrected chi connectivity index (χ1v) is 7.31. The van der Waals surface area contributed by atoms with Crippen LogP contribution in [0.2, 0.25) is 0 Å². The molecule has 0 bridgehead atoms. The van der Waals surface area contributed by atoms with Crippen molar-refractivity contribution in [3.05, 3.63) is 35.4 Å². The van der Waals surface area contributed by atoms with E-state index in [4.69, 9.17) is 0 Å². The van der Waals surface area contributed by atoms with Crippen LogP contribution >= 0.6 is 0 Å². The van der Waals surface area contributed by atoms with Gasteiger partial charge in [-0.1, -0.05) is 36.2 Å². The summed E-state index contributed by atoms with van der Waals surface area (Å²) in [5.41, 5.74) is 2.51. The third kappa shape index (κ3) is 3.58. The second kappa shape index (κ2) is 6.86. The zero-order valence-corrected chi connectivity index (χ0v) is 12.3. The third-order valence-electron chi connectivity index (χ3n) is 4.09. The van der Waals surface area contributed by atoms with Crippen LogP contribution in [0.1, 0.15) is 30.4 Å². The number of carbonyl (C=O) groups is 1. The van der Waals surface area contributed by atoms with Crippen LogP contribution in [0.15, 0.2) is 24.3 Å². The van der Waals surface area contributed by atoms with Gasteiger partial charge in [0, 0.05) is 12.6 Å². The SMILES string of the molecule is CNC(C(=O)O)C1CCCCN1Cc1cccc(C)c1. The van der Waals surface area contributed by atoms with Crippen molar-refractivity contribution in [2.24, 2.45) is 0 Å². The van der Waals surface area contributed by atoms with Gasteiger partial charge in [-0.25, -0.2) is 0 Å². The number of benzene rings is 1. The molecule has 110 valence electrons. The molecule has 20 heavy (non-hydrogen) atoms. The Morgan fingerprint density at radius 3 is 2.95 bits per heavy atom. The number of aliphatic carboxylic acids is 1. The van der Waals surface area contributed by atoms with Crippen molar-refractivity contribution in [1.82, 2.24) is 10.2 Å². The van der Waals surface area contributed by atoms with E-state index in [1.165, 1.54) is 11.1 Å². The maximum Gasteiger partial charge on any atom is 0.322 e. The van der Waals surface area contributed by atoms with Crippen LogP contribution in [0.3, 0.4) is 0 Å². The Kier molecular flexibility index (Phi) is 5.15. The second-order valence-electron chi connectivity index (χ2n) is 5.63. The highest BCUT2D eigenvalue weighted by atomic mass is 16.4. The van der Waals surface area contributed by atoms with E-state index in [9.17, 15) is 9.90 Å². The Balaban J connectivity index is 2.12. The largest absolute Gasteiger partial charge is 0.480 e. The summed E-state index contributed by atoms with van der Waals surface area (Å²) >= 11 is 0. The first kappa shape index (κ1) is 15.0. The van der Waals surface area contributed by atoms with E-state index < -0.39 is 12.0 Å². The lowest BCUT2D eigenvalue weighted by Gasteiger charge is -2.38. The number of nitrogens with zero attached hydrogens (tertiary/aromatic N) is 1. The summed E-state index contributed by atoms with van der Waals surface area (Å²) in [5, 5.41) is 12.3. The topological polar surface area (TPSA) is 52.6 Å². The molecule has 0 aliphatic carbocycles. The zero-order chi connectivity index (χ0) is 14.5. The number of likely N-dealkylation sites (N-methyl/N-ethyl adjacent to an activating group) is 1. The summed E-state index contributed by atoms with van der Waals surface area (Å²) in [6, 6.07) is 8.04. The molecule has 0 saturated carbocycles. The van der Waals surface area contributed by atoms with Gasteiger partial charge in [-0.3, -0.25) is 9.69 Å². The molecule has 1 saturated heterocycles. The smallest absolute Gasteiger partial charge is 0.322 e. The third-order valence-corrected chi connectivity index (χ3v) is 4.09. The molecule has 2 rings (SSSR count). The fourth-order valence-electron chi connectivity index (χ4n) is 3.12. The standard InChI is InChI=1S/C16H24N2O2/c1-12-6-5-7-13(10-12)11-18-9-4-3-8-14(18)15(17-2)16(19)20/h5-7,10,14-15,17H,3-4,8-9,11H2,1-2H3,(H,19,20). The van der Waals surface area contributed by atoms with Gasteiger partial charge in [-0.05, 0) is 38.9 Å². The summed E-state index contributed by atoms with van der Waals surface area (Å²) in [6.07, 6.45) is 3.21. The number of carboxylic acids is 1. The maximum absolute atomic E-state index is 11.4. The number of likely N-dealkylation sites (tertiary alicyclic amines) is 1. The molecule has 1 aromatic carbocycles.